The zero-order valence-electron chi connectivity index (χ0n) is 15.5. The van der Waals surface area contributed by atoms with Crippen molar-refractivity contribution in [2.75, 3.05) is 52.3 Å². The Morgan fingerprint density at radius 2 is 1.96 bits per heavy atom. The second-order valence-electron chi connectivity index (χ2n) is 7.03. The van der Waals surface area contributed by atoms with Crippen LogP contribution in [0.1, 0.15) is 31.4 Å². The lowest BCUT2D eigenvalue weighted by molar-refractivity contribution is 0.0308. The van der Waals surface area contributed by atoms with E-state index in [9.17, 15) is 5.11 Å². The number of benzene rings is 1. The number of methoxy groups -OCH3 is 1. The minimum atomic E-state index is -0.384. The molecule has 0 radical (unpaired) electrons. The summed E-state index contributed by atoms with van der Waals surface area (Å²) < 4.78 is 5.01. The maximum atomic E-state index is 9.86. The molecule has 5 nitrogen and oxygen atoms in total. The highest BCUT2D eigenvalue weighted by atomic mass is 16.5. The van der Waals surface area contributed by atoms with Gasteiger partial charge in [0, 0.05) is 45.5 Å². The molecule has 1 heterocycles. The number of nitrogens with zero attached hydrogens (tertiary/aromatic N) is 2. The van der Waals surface area contributed by atoms with Crippen molar-refractivity contribution in [1.29, 1.82) is 0 Å². The Morgan fingerprint density at radius 3 is 2.58 bits per heavy atom. The van der Waals surface area contributed by atoms with Crippen molar-refractivity contribution in [3.63, 3.8) is 0 Å². The highest BCUT2D eigenvalue weighted by molar-refractivity contribution is 5.53. The molecule has 1 saturated heterocycles. The minimum Gasteiger partial charge on any atom is -0.389 e. The van der Waals surface area contributed by atoms with Crippen LogP contribution in [0.25, 0.3) is 0 Å². The van der Waals surface area contributed by atoms with Gasteiger partial charge in [-0.05, 0) is 44.5 Å². The molecule has 24 heavy (non-hydrogen) atoms. The highest BCUT2D eigenvalue weighted by Crippen LogP contribution is 2.26. The number of para-hydroxylation sites is 1. The van der Waals surface area contributed by atoms with Gasteiger partial charge in [0.1, 0.15) is 0 Å². The van der Waals surface area contributed by atoms with E-state index in [0.29, 0.717) is 25.2 Å². The topological polar surface area (TPSA) is 48.0 Å². The van der Waals surface area contributed by atoms with E-state index in [1.165, 1.54) is 11.3 Å². The number of hydrogen-bond acceptors (Lipinski definition) is 5. The Labute approximate surface area is 146 Å². The smallest absolute Gasteiger partial charge is 0.0900 e. The third-order valence-electron chi connectivity index (χ3n) is 4.79. The summed E-state index contributed by atoms with van der Waals surface area (Å²) in [6.45, 7) is 5.42. The van der Waals surface area contributed by atoms with Crippen LogP contribution in [0, 0.1) is 0 Å². The summed E-state index contributed by atoms with van der Waals surface area (Å²) >= 11 is 0. The number of β-amino-alcohol motifs (C(OH)–C–C–N with tert-alkyl or cyclic N) is 1. The summed E-state index contributed by atoms with van der Waals surface area (Å²) in [5.74, 6) is 0. The van der Waals surface area contributed by atoms with Crippen LogP contribution in [-0.2, 0) is 4.74 Å². The van der Waals surface area contributed by atoms with E-state index in [4.69, 9.17) is 4.74 Å². The summed E-state index contributed by atoms with van der Waals surface area (Å²) in [7, 11) is 5.82. The fraction of sp³-hybridized carbons (Fsp3) is 0.684. The van der Waals surface area contributed by atoms with E-state index in [1.807, 2.05) is 0 Å². The van der Waals surface area contributed by atoms with Gasteiger partial charge >= 0.3 is 0 Å². The number of nitrogens with one attached hydrogen (secondary N) is 1. The van der Waals surface area contributed by atoms with E-state index in [-0.39, 0.29) is 6.10 Å². The van der Waals surface area contributed by atoms with Gasteiger partial charge in [-0.15, -0.1) is 0 Å². The van der Waals surface area contributed by atoms with Crippen LogP contribution in [0.4, 0.5) is 5.69 Å². The maximum absolute atomic E-state index is 9.86. The molecule has 1 aromatic rings. The molecule has 2 unspecified atom stereocenters. The van der Waals surface area contributed by atoms with Gasteiger partial charge in [0.15, 0.2) is 0 Å². The summed E-state index contributed by atoms with van der Waals surface area (Å²) in [5, 5.41) is 13.6. The molecule has 1 fully saturated rings. The molecule has 0 spiro atoms. The van der Waals surface area contributed by atoms with E-state index in [2.05, 4.69) is 60.4 Å². The monoisotopic (exact) mass is 335 g/mol. The van der Waals surface area contributed by atoms with E-state index < -0.39 is 0 Å². The fourth-order valence-electron chi connectivity index (χ4n) is 3.53. The maximum Gasteiger partial charge on any atom is 0.0900 e. The van der Waals surface area contributed by atoms with Crippen LogP contribution >= 0.6 is 0 Å². The first-order chi connectivity index (χ1) is 11.5. The third kappa shape index (κ3) is 5.45. The van der Waals surface area contributed by atoms with E-state index in [1.54, 1.807) is 7.11 Å². The van der Waals surface area contributed by atoms with Gasteiger partial charge in [0.05, 0.1) is 12.7 Å². The molecule has 1 aliphatic heterocycles. The van der Waals surface area contributed by atoms with Crippen molar-refractivity contribution in [1.82, 2.24) is 10.2 Å². The van der Waals surface area contributed by atoms with E-state index >= 15 is 0 Å². The largest absolute Gasteiger partial charge is 0.389 e. The molecule has 2 N–H and O–H groups in total. The van der Waals surface area contributed by atoms with Crippen molar-refractivity contribution in [3.8, 4) is 0 Å². The van der Waals surface area contributed by atoms with E-state index in [0.717, 1.165) is 25.9 Å². The van der Waals surface area contributed by atoms with Crippen molar-refractivity contribution in [2.45, 2.75) is 38.0 Å². The standard InChI is InChI=1S/C19H33N3O2/c1-15(18-7-5-6-8-19(18)21(2)3)20-16-9-11-22(12-10-16)13-17(23)14-24-4/h5-8,15-17,20,23H,9-14H2,1-4H3. The molecule has 2 atom stereocenters. The molecule has 1 aliphatic rings. The van der Waals surface area contributed by atoms with Gasteiger partial charge in [0.2, 0.25) is 0 Å². The first-order valence-electron chi connectivity index (χ1n) is 8.93. The van der Waals surface area contributed by atoms with Crippen molar-refractivity contribution in [3.05, 3.63) is 29.8 Å². The number of aliphatic hydroxyl groups is 1. The van der Waals surface area contributed by atoms with Crippen molar-refractivity contribution < 1.29 is 9.84 Å². The Kier molecular flexibility index (Phi) is 7.49. The lowest BCUT2D eigenvalue weighted by Crippen LogP contribution is -2.46. The predicted octanol–water partition coefficient (Wildman–Crippen LogP) is 1.87. The molecule has 0 aliphatic carbocycles. The summed E-state index contributed by atoms with van der Waals surface area (Å²) in [6, 6.07) is 9.46. The van der Waals surface area contributed by atoms with Crippen LogP contribution in [0.3, 0.4) is 0 Å². The van der Waals surface area contributed by atoms with Gasteiger partial charge in [-0.1, -0.05) is 18.2 Å². The number of aliphatic hydroxyl groups excluding tert-OH is 1. The van der Waals surface area contributed by atoms with Crippen LogP contribution in [0.5, 0.6) is 0 Å². The Bertz CT molecular complexity index is 487. The average molecular weight is 335 g/mol. The molecule has 0 bridgehead atoms. The summed E-state index contributed by atoms with van der Waals surface area (Å²) in [5.41, 5.74) is 2.62. The van der Waals surface area contributed by atoms with Crippen molar-refractivity contribution >= 4 is 5.69 Å². The van der Waals surface area contributed by atoms with Gasteiger partial charge in [0.25, 0.3) is 0 Å². The first-order valence-corrected chi connectivity index (χ1v) is 8.93. The average Bonchev–Trinajstić information content (AvgIpc) is 2.56. The number of likely N-dealkylation sites (tertiary alicyclic amines) is 1. The predicted molar refractivity (Wildman–Crippen MR) is 99.7 cm³/mol. The molecule has 136 valence electrons. The van der Waals surface area contributed by atoms with Gasteiger partial charge < -0.3 is 25.0 Å². The number of ether oxygens (including phenoxy) is 1. The number of rotatable bonds is 8. The SMILES string of the molecule is COCC(O)CN1CCC(NC(C)c2ccccc2N(C)C)CC1. The van der Waals surface area contributed by atoms with Crippen LogP contribution in [0.2, 0.25) is 0 Å². The molecule has 0 amide bonds. The lowest BCUT2D eigenvalue weighted by Gasteiger charge is -2.35. The van der Waals surface area contributed by atoms with Gasteiger partial charge in [-0.2, -0.15) is 0 Å². The molecule has 0 aromatic heterocycles. The van der Waals surface area contributed by atoms with Gasteiger partial charge in [-0.25, -0.2) is 0 Å². The Hall–Kier alpha value is -1.14. The minimum absolute atomic E-state index is 0.333. The number of piperidine rings is 1. The summed E-state index contributed by atoms with van der Waals surface area (Å²) in [6.07, 6.45) is 1.85. The molecule has 1 aromatic carbocycles. The quantitative estimate of drug-likeness (QED) is 0.760. The lowest BCUT2D eigenvalue weighted by atomic mass is 10.00. The van der Waals surface area contributed by atoms with Gasteiger partial charge in [-0.3, -0.25) is 0 Å². The zero-order chi connectivity index (χ0) is 17.5. The summed E-state index contributed by atoms with van der Waals surface area (Å²) in [4.78, 5) is 4.51. The van der Waals surface area contributed by atoms with Crippen LogP contribution in [0.15, 0.2) is 24.3 Å². The third-order valence-corrected chi connectivity index (χ3v) is 4.79. The van der Waals surface area contributed by atoms with Crippen LogP contribution < -0.4 is 10.2 Å². The molecule has 0 saturated carbocycles. The normalized spacial score (nSPS) is 19.2. The molecular weight excluding hydrogens is 302 g/mol. The second kappa shape index (κ2) is 9.37. The number of anilines is 1. The Balaban J connectivity index is 1.83. The number of hydrogen-bond donors (Lipinski definition) is 2. The zero-order valence-corrected chi connectivity index (χ0v) is 15.5. The first kappa shape index (κ1) is 19.2. The fourth-order valence-corrected chi connectivity index (χ4v) is 3.53. The van der Waals surface area contributed by atoms with Crippen LogP contribution in [-0.4, -0.2) is 69.6 Å². The van der Waals surface area contributed by atoms with Crippen molar-refractivity contribution in [2.24, 2.45) is 0 Å². The molecule has 2 rings (SSSR count). The highest BCUT2D eigenvalue weighted by Gasteiger charge is 2.23. The molecular formula is C19H33N3O2. The Morgan fingerprint density at radius 1 is 1.29 bits per heavy atom. The second-order valence-corrected chi connectivity index (χ2v) is 7.03. The molecule has 5 heteroatoms.